The van der Waals surface area contributed by atoms with Gasteiger partial charge in [-0.3, -0.25) is 4.79 Å². The zero-order valence-electron chi connectivity index (χ0n) is 22.4. The maximum atomic E-state index is 12.5. The van der Waals surface area contributed by atoms with E-state index in [1.54, 1.807) is 13.8 Å². The van der Waals surface area contributed by atoms with E-state index in [-0.39, 0.29) is 32.1 Å². The summed E-state index contributed by atoms with van der Waals surface area (Å²) < 4.78 is 66.2. The molecule has 0 aliphatic rings. The second-order valence-electron chi connectivity index (χ2n) is 9.00. The highest BCUT2D eigenvalue weighted by molar-refractivity contribution is 7.90. The molecule has 2 rings (SSSR count). The second kappa shape index (κ2) is 15.8. The molecule has 0 saturated heterocycles. The fraction of sp³-hybridized carbons (Fsp3) is 0.545. The lowest BCUT2D eigenvalue weighted by Gasteiger charge is -2.23. The van der Waals surface area contributed by atoms with Gasteiger partial charge in [-0.2, -0.15) is 13.2 Å². The van der Waals surface area contributed by atoms with E-state index in [0.717, 1.165) is 11.8 Å². The number of hydrogen-bond acceptors (Lipinski definition) is 11. The van der Waals surface area contributed by atoms with Gasteiger partial charge in [-0.25, -0.2) is 22.7 Å². The monoisotopic (exact) mass is 611 g/mol. The number of aliphatic carboxylic acids is 1. The van der Waals surface area contributed by atoms with E-state index in [4.69, 9.17) is 25.1 Å². The van der Waals surface area contributed by atoms with Crippen LogP contribution in [0.15, 0.2) is 30.3 Å². The normalized spacial score (nSPS) is 12.5. The molecule has 2 amide bonds. The van der Waals surface area contributed by atoms with Gasteiger partial charge >= 0.3 is 18.2 Å². The number of tetrazole rings is 1. The Kier molecular flexibility index (Phi) is 13.6. The quantitative estimate of drug-likeness (QED) is 0.239. The number of halogens is 3. The number of carbonyl (C=O) groups is 3. The van der Waals surface area contributed by atoms with Crippen LogP contribution in [0.5, 0.6) is 0 Å². The van der Waals surface area contributed by atoms with Crippen LogP contribution in [0.1, 0.15) is 31.3 Å². The lowest BCUT2D eigenvalue weighted by Crippen LogP contribution is -2.51. The number of hydrogen-bond donors (Lipinski definition) is 4. The molecule has 19 heteroatoms. The average Bonchev–Trinajstić information content (AvgIpc) is 3.31. The van der Waals surface area contributed by atoms with Gasteiger partial charge in [0.2, 0.25) is 5.91 Å². The fourth-order valence-corrected chi connectivity index (χ4v) is 3.10. The molecule has 2 aromatic rings. The van der Waals surface area contributed by atoms with Crippen molar-refractivity contribution in [3.8, 4) is 0 Å². The van der Waals surface area contributed by atoms with Crippen LogP contribution in [0.4, 0.5) is 18.0 Å². The summed E-state index contributed by atoms with van der Waals surface area (Å²) in [6.07, 6.45) is -4.77. The van der Waals surface area contributed by atoms with Gasteiger partial charge in [0, 0.05) is 12.8 Å². The van der Waals surface area contributed by atoms with Crippen LogP contribution in [0.25, 0.3) is 0 Å². The number of rotatable bonds is 13. The third kappa shape index (κ3) is 14.9. The van der Waals surface area contributed by atoms with Crippen LogP contribution in [0, 0.1) is 0 Å². The summed E-state index contributed by atoms with van der Waals surface area (Å²) in [5.41, 5.74) is 5.73. The van der Waals surface area contributed by atoms with Crippen molar-refractivity contribution in [2.75, 3.05) is 31.8 Å². The van der Waals surface area contributed by atoms with E-state index in [1.807, 2.05) is 30.3 Å². The van der Waals surface area contributed by atoms with Crippen molar-refractivity contribution in [3.63, 3.8) is 0 Å². The minimum Gasteiger partial charge on any atom is -0.475 e. The first-order valence-corrected chi connectivity index (χ1v) is 13.8. The topological polar surface area (TPSA) is 218 Å². The summed E-state index contributed by atoms with van der Waals surface area (Å²) in [4.78, 5) is 33.1. The Morgan fingerprint density at radius 2 is 1.78 bits per heavy atom. The third-order valence-corrected chi connectivity index (χ3v) is 5.62. The summed E-state index contributed by atoms with van der Waals surface area (Å²) in [6, 6.07) is 8.81. The predicted molar refractivity (Wildman–Crippen MR) is 136 cm³/mol. The van der Waals surface area contributed by atoms with Crippen LogP contribution in [-0.4, -0.2) is 95.2 Å². The standard InChI is InChI=1S/C20H31N7O6S.C2HF3O2/c1-20(2,21)18(28)23-16(14-32-13-15-7-5-4-6-8-15)17-24-25-26-27(17)10-11-33-19(29)22-9-12-34(3,30)31;3-2(4,5)1(6)7/h4-8,16H,9-14,21H2,1-3H3,(H,22,29)(H,23,28);(H,6,7)/t16-;/m1./s1. The molecule has 1 heterocycles. The summed E-state index contributed by atoms with van der Waals surface area (Å²) in [5.74, 6) is -3.07. The van der Waals surface area contributed by atoms with Crippen LogP contribution >= 0.6 is 0 Å². The highest BCUT2D eigenvalue weighted by atomic mass is 32.2. The van der Waals surface area contributed by atoms with Crippen molar-refractivity contribution in [2.24, 2.45) is 5.73 Å². The molecule has 1 aromatic heterocycles. The second-order valence-corrected chi connectivity index (χ2v) is 11.3. The van der Waals surface area contributed by atoms with Crippen molar-refractivity contribution in [2.45, 2.75) is 44.8 Å². The number of alkyl halides is 3. The maximum absolute atomic E-state index is 12.5. The first kappa shape index (κ1) is 35.2. The molecule has 1 atom stereocenters. The van der Waals surface area contributed by atoms with Gasteiger partial charge in [-0.05, 0) is 29.8 Å². The number of alkyl carbamates (subject to hydrolysis) is 1. The van der Waals surface area contributed by atoms with Gasteiger partial charge in [0.15, 0.2) is 5.82 Å². The van der Waals surface area contributed by atoms with Crippen molar-refractivity contribution in [1.29, 1.82) is 0 Å². The Balaban J connectivity index is 0.00000106. The SMILES string of the molecule is CC(C)(N)C(=O)N[C@H](COCc1ccccc1)c1nnnn1CCOC(=O)NCCS(C)(=O)=O.O=C(O)C(F)(F)F. The van der Waals surface area contributed by atoms with Crippen LogP contribution in [-0.2, 0) is 42.1 Å². The molecule has 15 nitrogen and oxygen atoms in total. The number of ether oxygens (including phenoxy) is 2. The highest BCUT2D eigenvalue weighted by Crippen LogP contribution is 2.14. The minimum absolute atomic E-state index is 0.0600. The zero-order chi connectivity index (χ0) is 31.3. The molecular weight excluding hydrogens is 579 g/mol. The molecule has 0 radical (unpaired) electrons. The first-order valence-electron chi connectivity index (χ1n) is 11.8. The summed E-state index contributed by atoms with van der Waals surface area (Å²) >= 11 is 0. The molecule has 0 saturated carbocycles. The Morgan fingerprint density at radius 1 is 1.17 bits per heavy atom. The number of aromatic nitrogens is 4. The van der Waals surface area contributed by atoms with Crippen LogP contribution in [0.3, 0.4) is 0 Å². The highest BCUT2D eigenvalue weighted by Gasteiger charge is 2.38. The van der Waals surface area contributed by atoms with Crippen molar-refractivity contribution in [3.05, 3.63) is 41.7 Å². The van der Waals surface area contributed by atoms with E-state index < -0.39 is 45.6 Å². The predicted octanol–water partition coefficient (Wildman–Crippen LogP) is 0.189. The number of carbonyl (C=O) groups excluding carboxylic acids is 2. The molecule has 0 fully saturated rings. The molecule has 5 N–H and O–H groups in total. The molecule has 0 aliphatic heterocycles. The fourth-order valence-electron chi connectivity index (χ4n) is 2.63. The molecule has 1 aromatic carbocycles. The van der Waals surface area contributed by atoms with E-state index in [9.17, 15) is 31.2 Å². The summed E-state index contributed by atoms with van der Waals surface area (Å²) in [5, 5.41) is 23.8. The van der Waals surface area contributed by atoms with Gasteiger partial charge in [-0.15, -0.1) is 5.10 Å². The van der Waals surface area contributed by atoms with Crippen molar-refractivity contribution >= 4 is 27.8 Å². The molecular formula is C22H32F3N7O8S. The minimum atomic E-state index is -5.08. The van der Waals surface area contributed by atoms with Gasteiger partial charge < -0.3 is 30.9 Å². The summed E-state index contributed by atoms with van der Waals surface area (Å²) in [7, 11) is -3.19. The Hall–Kier alpha value is -3.84. The van der Waals surface area contributed by atoms with Crippen molar-refractivity contribution in [1.82, 2.24) is 30.8 Å². The van der Waals surface area contributed by atoms with Crippen LogP contribution < -0.4 is 16.4 Å². The number of nitrogens with two attached hydrogens (primary N) is 1. The van der Waals surface area contributed by atoms with Crippen LogP contribution in [0.2, 0.25) is 0 Å². The van der Waals surface area contributed by atoms with E-state index >= 15 is 0 Å². The third-order valence-electron chi connectivity index (χ3n) is 4.68. The van der Waals surface area contributed by atoms with Gasteiger partial charge in [-0.1, -0.05) is 30.3 Å². The molecule has 0 bridgehead atoms. The number of nitrogens with one attached hydrogen (secondary N) is 2. The Labute approximate surface area is 233 Å². The van der Waals surface area contributed by atoms with E-state index in [1.165, 1.54) is 4.68 Å². The number of benzene rings is 1. The lowest BCUT2D eigenvalue weighted by atomic mass is 10.1. The molecule has 0 spiro atoms. The first-order chi connectivity index (χ1) is 18.9. The Morgan fingerprint density at radius 3 is 2.32 bits per heavy atom. The maximum Gasteiger partial charge on any atom is 0.490 e. The Bertz CT molecular complexity index is 1240. The molecule has 230 valence electrons. The zero-order valence-corrected chi connectivity index (χ0v) is 23.2. The van der Waals surface area contributed by atoms with E-state index in [0.29, 0.717) is 12.4 Å². The van der Waals surface area contributed by atoms with Gasteiger partial charge in [0.1, 0.15) is 22.5 Å². The molecule has 0 unspecified atom stereocenters. The number of sulfone groups is 1. The van der Waals surface area contributed by atoms with E-state index in [2.05, 4.69) is 26.2 Å². The molecule has 41 heavy (non-hydrogen) atoms. The van der Waals surface area contributed by atoms with Gasteiger partial charge in [0.25, 0.3) is 0 Å². The lowest BCUT2D eigenvalue weighted by molar-refractivity contribution is -0.192. The number of carboxylic acid groups (broad SMARTS) is 1. The summed E-state index contributed by atoms with van der Waals surface area (Å²) in [6.45, 7) is 3.49. The smallest absolute Gasteiger partial charge is 0.475 e. The number of nitrogens with zero attached hydrogens (tertiary/aromatic N) is 4. The average molecular weight is 612 g/mol. The number of carboxylic acids is 1. The van der Waals surface area contributed by atoms with Gasteiger partial charge in [0.05, 0.1) is 31.1 Å². The largest absolute Gasteiger partial charge is 0.490 e. The van der Waals surface area contributed by atoms with Crippen molar-refractivity contribution < 1.29 is 50.6 Å². The molecule has 0 aliphatic carbocycles. The number of amides is 2.